The van der Waals surface area contributed by atoms with Gasteiger partial charge in [-0.25, -0.2) is 0 Å². The zero-order chi connectivity index (χ0) is 18.2. The third kappa shape index (κ3) is 3.53. The SMILES string of the molecule is CC(Oc1ccc2ccccc2c1)C(=O)NNC(=O)C1(C)CC1(Cl)Cl. The van der Waals surface area contributed by atoms with E-state index in [1.807, 2.05) is 36.4 Å². The molecule has 5 nitrogen and oxygen atoms in total. The second-order valence-corrected chi connectivity index (χ2v) is 7.91. The molecule has 7 heteroatoms. The lowest BCUT2D eigenvalue weighted by Gasteiger charge is -2.17. The predicted octanol–water partition coefficient (Wildman–Crippen LogP) is 3.34. The van der Waals surface area contributed by atoms with Crippen LogP contribution in [0.4, 0.5) is 0 Å². The average Bonchev–Trinajstić information content (AvgIpc) is 3.11. The number of carbonyl (C=O) groups excluding carboxylic acids is 2. The molecule has 0 aliphatic heterocycles. The number of hydrogen-bond donors (Lipinski definition) is 2. The summed E-state index contributed by atoms with van der Waals surface area (Å²) in [6, 6.07) is 13.4. The summed E-state index contributed by atoms with van der Waals surface area (Å²) in [7, 11) is 0. The lowest BCUT2D eigenvalue weighted by molar-refractivity contribution is -0.134. The van der Waals surface area contributed by atoms with Gasteiger partial charge in [-0.05, 0) is 43.2 Å². The summed E-state index contributed by atoms with van der Waals surface area (Å²) in [5, 5.41) is 2.10. The van der Waals surface area contributed by atoms with E-state index in [2.05, 4.69) is 10.9 Å². The topological polar surface area (TPSA) is 67.4 Å². The van der Waals surface area contributed by atoms with E-state index in [9.17, 15) is 9.59 Å². The van der Waals surface area contributed by atoms with Crippen molar-refractivity contribution in [2.75, 3.05) is 0 Å². The number of nitrogens with one attached hydrogen (secondary N) is 2. The average molecular weight is 381 g/mol. The van der Waals surface area contributed by atoms with E-state index in [1.165, 1.54) is 0 Å². The van der Waals surface area contributed by atoms with Crippen LogP contribution in [0.25, 0.3) is 10.8 Å². The Hall–Kier alpha value is -1.98. The number of halogens is 2. The van der Waals surface area contributed by atoms with Crippen LogP contribution in [0.2, 0.25) is 0 Å². The fourth-order valence-electron chi connectivity index (χ4n) is 2.50. The molecule has 0 heterocycles. The molecule has 1 aliphatic rings. The third-order valence-electron chi connectivity index (χ3n) is 4.46. The van der Waals surface area contributed by atoms with Crippen molar-refractivity contribution < 1.29 is 14.3 Å². The van der Waals surface area contributed by atoms with Crippen molar-refractivity contribution in [2.24, 2.45) is 5.41 Å². The van der Waals surface area contributed by atoms with Crippen LogP contribution in [0.3, 0.4) is 0 Å². The molecule has 2 atom stereocenters. The number of benzene rings is 2. The Bertz CT molecular complexity index is 840. The van der Waals surface area contributed by atoms with Crippen molar-refractivity contribution in [2.45, 2.75) is 30.7 Å². The van der Waals surface area contributed by atoms with Crippen molar-refractivity contribution in [3.63, 3.8) is 0 Å². The largest absolute Gasteiger partial charge is 0.481 e. The number of ether oxygens (including phenoxy) is 1. The number of alkyl halides is 2. The van der Waals surface area contributed by atoms with E-state index < -0.39 is 27.7 Å². The van der Waals surface area contributed by atoms with Crippen molar-refractivity contribution in [3.8, 4) is 5.75 Å². The van der Waals surface area contributed by atoms with Gasteiger partial charge in [0.25, 0.3) is 5.91 Å². The molecular formula is C18H18Cl2N2O3. The molecule has 2 aromatic rings. The van der Waals surface area contributed by atoms with Crippen molar-refractivity contribution in [1.29, 1.82) is 0 Å². The molecule has 1 fully saturated rings. The Morgan fingerprint density at radius 1 is 1.12 bits per heavy atom. The second kappa shape index (κ2) is 6.39. The minimum atomic E-state index is -1.09. The lowest BCUT2D eigenvalue weighted by Crippen LogP contribution is -2.49. The first kappa shape index (κ1) is 17.8. The first-order valence-corrected chi connectivity index (χ1v) is 8.62. The Morgan fingerprint density at radius 3 is 2.40 bits per heavy atom. The fourth-order valence-corrected chi connectivity index (χ4v) is 3.21. The molecule has 2 unspecified atom stereocenters. The van der Waals surface area contributed by atoms with Crippen LogP contribution in [0.5, 0.6) is 5.75 Å². The molecule has 132 valence electrons. The van der Waals surface area contributed by atoms with E-state index in [0.29, 0.717) is 12.2 Å². The molecule has 3 rings (SSSR count). The molecule has 0 aromatic heterocycles. The van der Waals surface area contributed by atoms with Gasteiger partial charge < -0.3 is 4.74 Å². The molecule has 0 radical (unpaired) electrons. The van der Waals surface area contributed by atoms with Crippen molar-refractivity contribution >= 4 is 45.8 Å². The van der Waals surface area contributed by atoms with Gasteiger partial charge in [-0.3, -0.25) is 20.4 Å². The van der Waals surface area contributed by atoms with Gasteiger partial charge >= 0.3 is 0 Å². The van der Waals surface area contributed by atoms with Gasteiger partial charge in [-0.15, -0.1) is 23.2 Å². The zero-order valence-electron chi connectivity index (χ0n) is 13.8. The minimum absolute atomic E-state index is 0.341. The number of hydrogen-bond acceptors (Lipinski definition) is 3. The van der Waals surface area contributed by atoms with Crippen LogP contribution in [-0.2, 0) is 9.59 Å². The molecule has 0 saturated heterocycles. The summed E-state index contributed by atoms with van der Waals surface area (Å²) in [5.41, 5.74) is 3.80. The van der Waals surface area contributed by atoms with Crippen LogP contribution < -0.4 is 15.6 Å². The van der Waals surface area contributed by atoms with Crippen LogP contribution in [-0.4, -0.2) is 22.3 Å². The monoisotopic (exact) mass is 380 g/mol. The number of fused-ring (bicyclic) bond motifs is 1. The highest BCUT2D eigenvalue weighted by atomic mass is 35.5. The van der Waals surface area contributed by atoms with Gasteiger partial charge in [-0.2, -0.15) is 0 Å². The number of hydrazine groups is 1. The highest BCUT2D eigenvalue weighted by Gasteiger charge is 2.68. The van der Waals surface area contributed by atoms with Gasteiger partial charge in [0.05, 0.1) is 5.41 Å². The summed E-state index contributed by atoms with van der Waals surface area (Å²) < 4.78 is 4.55. The van der Waals surface area contributed by atoms with Crippen molar-refractivity contribution in [1.82, 2.24) is 10.9 Å². The second-order valence-electron chi connectivity index (χ2n) is 6.43. The molecule has 2 N–H and O–H groups in total. The maximum absolute atomic E-state index is 12.1. The summed E-state index contributed by atoms with van der Waals surface area (Å²) in [5.74, 6) is -0.327. The van der Waals surface area contributed by atoms with Gasteiger partial charge in [0.2, 0.25) is 5.91 Å². The molecule has 0 bridgehead atoms. The van der Waals surface area contributed by atoms with Crippen molar-refractivity contribution in [3.05, 3.63) is 42.5 Å². The number of rotatable bonds is 4. The van der Waals surface area contributed by atoms with E-state index in [0.717, 1.165) is 10.8 Å². The molecule has 2 aromatic carbocycles. The summed E-state index contributed by atoms with van der Waals surface area (Å²) in [4.78, 5) is 24.1. The summed E-state index contributed by atoms with van der Waals surface area (Å²) in [6.07, 6.45) is -0.446. The van der Waals surface area contributed by atoms with Gasteiger partial charge in [0.15, 0.2) is 6.10 Å². The van der Waals surface area contributed by atoms with E-state index in [-0.39, 0.29) is 0 Å². The molecule has 1 saturated carbocycles. The quantitative estimate of drug-likeness (QED) is 0.631. The molecule has 2 amide bonds. The first-order valence-electron chi connectivity index (χ1n) is 7.86. The van der Waals surface area contributed by atoms with E-state index in [4.69, 9.17) is 27.9 Å². The van der Waals surface area contributed by atoms with Crippen LogP contribution in [0.1, 0.15) is 20.3 Å². The maximum Gasteiger partial charge on any atom is 0.279 e. The van der Waals surface area contributed by atoms with Gasteiger partial charge in [-0.1, -0.05) is 30.3 Å². The zero-order valence-corrected chi connectivity index (χ0v) is 15.3. The number of carbonyl (C=O) groups is 2. The Balaban J connectivity index is 1.56. The number of amides is 2. The Morgan fingerprint density at radius 2 is 1.76 bits per heavy atom. The predicted molar refractivity (Wildman–Crippen MR) is 97.5 cm³/mol. The fraction of sp³-hybridized carbons (Fsp3) is 0.333. The van der Waals surface area contributed by atoms with Crippen LogP contribution >= 0.6 is 23.2 Å². The standard InChI is InChI=1S/C18H18Cl2N2O3/c1-11(15(23)21-22-16(24)17(2)10-18(17,19)20)25-14-8-7-12-5-3-4-6-13(12)9-14/h3-9,11H,10H2,1-2H3,(H,21,23)(H,22,24). The third-order valence-corrected chi connectivity index (χ3v) is 5.56. The van der Waals surface area contributed by atoms with E-state index in [1.54, 1.807) is 19.9 Å². The van der Waals surface area contributed by atoms with Crippen LogP contribution in [0.15, 0.2) is 42.5 Å². The molecule has 1 aliphatic carbocycles. The molecule has 0 spiro atoms. The normalized spacial score (nSPS) is 22.1. The van der Waals surface area contributed by atoms with E-state index >= 15 is 0 Å². The van der Waals surface area contributed by atoms with Gasteiger partial charge in [0.1, 0.15) is 10.1 Å². The maximum atomic E-state index is 12.1. The Labute approximate surface area is 155 Å². The highest BCUT2D eigenvalue weighted by molar-refractivity contribution is 6.53. The first-order chi connectivity index (χ1) is 11.7. The molecular weight excluding hydrogens is 363 g/mol. The smallest absolute Gasteiger partial charge is 0.279 e. The Kier molecular flexibility index (Phi) is 4.56. The molecule has 25 heavy (non-hydrogen) atoms. The van der Waals surface area contributed by atoms with Gasteiger partial charge in [0, 0.05) is 0 Å². The lowest BCUT2D eigenvalue weighted by atomic mass is 10.1. The minimum Gasteiger partial charge on any atom is -0.481 e. The van der Waals surface area contributed by atoms with Crippen LogP contribution in [0, 0.1) is 5.41 Å². The summed E-state index contributed by atoms with van der Waals surface area (Å²) >= 11 is 11.9. The summed E-state index contributed by atoms with van der Waals surface area (Å²) in [6.45, 7) is 3.24. The highest BCUT2D eigenvalue weighted by Crippen LogP contribution is 2.63.